The topological polar surface area (TPSA) is 73.8 Å². The summed E-state index contributed by atoms with van der Waals surface area (Å²) in [5.74, 6) is 0.486. The second kappa shape index (κ2) is 5.14. The Bertz CT molecular complexity index is 582. The third-order valence-electron chi connectivity index (χ3n) is 2.48. The molecular weight excluding hydrogens is 256 g/mol. The van der Waals surface area contributed by atoms with E-state index in [1.165, 1.54) is 6.07 Å². The molecular formula is C11H11ClN4O2. The zero-order valence-corrected chi connectivity index (χ0v) is 10.5. The third kappa shape index (κ3) is 2.33. The number of benzene rings is 1. The van der Waals surface area contributed by atoms with Crippen molar-refractivity contribution in [2.75, 3.05) is 0 Å². The Morgan fingerprint density at radius 2 is 2.28 bits per heavy atom. The molecule has 0 amide bonds. The molecule has 1 aromatic heterocycles. The minimum atomic E-state index is -0.466. The van der Waals surface area contributed by atoms with Gasteiger partial charge in [-0.15, -0.1) is 10.2 Å². The maximum Gasteiger partial charge on any atom is 0.281 e. The molecule has 1 heterocycles. The number of halogens is 1. The van der Waals surface area contributed by atoms with Crippen LogP contribution in [0, 0.1) is 10.1 Å². The second-order valence-electron chi connectivity index (χ2n) is 3.77. The fourth-order valence-electron chi connectivity index (χ4n) is 1.71. The first-order valence-electron chi connectivity index (χ1n) is 5.45. The van der Waals surface area contributed by atoms with Crippen molar-refractivity contribution in [1.29, 1.82) is 0 Å². The molecule has 0 unspecified atom stereocenters. The van der Waals surface area contributed by atoms with Gasteiger partial charge >= 0.3 is 0 Å². The molecule has 18 heavy (non-hydrogen) atoms. The molecule has 2 rings (SSSR count). The van der Waals surface area contributed by atoms with Crippen LogP contribution in [0.2, 0.25) is 5.02 Å². The van der Waals surface area contributed by atoms with E-state index in [2.05, 4.69) is 10.2 Å². The SMILES string of the molecule is CCCn1cnnc1-c1ccc(Cl)cc1[N+](=O)[O-]. The number of nitrogens with zero attached hydrogens (tertiary/aromatic N) is 4. The maximum absolute atomic E-state index is 11.0. The van der Waals surface area contributed by atoms with E-state index in [0.717, 1.165) is 6.42 Å². The van der Waals surface area contributed by atoms with E-state index in [1.807, 2.05) is 6.92 Å². The molecule has 0 aliphatic heterocycles. The van der Waals surface area contributed by atoms with E-state index in [1.54, 1.807) is 23.0 Å². The van der Waals surface area contributed by atoms with Crippen LogP contribution in [0.3, 0.4) is 0 Å². The fraction of sp³-hybridized carbons (Fsp3) is 0.273. The highest BCUT2D eigenvalue weighted by Crippen LogP contribution is 2.30. The van der Waals surface area contributed by atoms with E-state index >= 15 is 0 Å². The smallest absolute Gasteiger partial charge is 0.281 e. The summed E-state index contributed by atoms with van der Waals surface area (Å²) in [6, 6.07) is 4.52. The third-order valence-corrected chi connectivity index (χ3v) is 2.71. The van der Waals surface area contributed by atoms with Gasteiger partial charge in [-0.05, 0) is 18.6 Å². The van der Waals surface area contributed by atoms with Crippen LogP contribution in [0.15, 0.2) is 24.5 Å². The van der Waals surface area contributed by atoms with Gasteiger partial charge in [-0.1, -0.05) is 18.5 Å². The highest BCUT2D eigenvalue weighted by Gasteiger charge is 2.19. The van der Waals surface area contributed by atoms with E-state index in [9.17, 15) is 10.1 Å². The van der Waals surface area contributed by atoms with Gasteiger partial charge in [0.15, 0.2) is 5.82 Å². The quantitative estimate of drug-likeness (QED) is 0.630. The molecule has 0 atom stereocenters. The van der Waals surface area contributed by atoms with Crippen LogP contribution in [0.4, 0.5) is 5.69 Å². The lowest BCUT2D eigenvalue weighted by atomic mass is 10.1. The van der Waals surface area contributed by atoms with Gasteiger partial charge in [-0.3, -0.25) is 10.1 Å². The Morgan fingerprint density at radius 3 is 2.94 bits per heavy atom. The van der Waals surface area contributed by atoms with Crippen LogP contribution in [0.1, 0.15) is 13.3 Å². The van der Waals surface area contributed by atoms with Gasteiger partial charge < -0.3 is 4.57 Å². The first-order valence-corrected chi connectivity index (χ1v) is 5.83. The molecule has 0 spiro atoms. The largest absolute Gasteiger partial charge is 0.313 e. The molecule has 2 aromatic rings. The van der Waals surface area contributed by atoms with Crippen LogP contribution in [-0.2, 0) is 6.54 Å². The van der Waals surface area contributed by atoms with Crippen molar-refractivity contribution in [2.45, 2.75) is 19.9 Å². The number of nitro groups is 1. The van der Waals surface area contributed by atoms with Gasteiger partial charge in [0.1, 0.15) is 6.33 Å². The van der Waals surface area contributed by atoms with Gasteiger partial charge in [0.2, 0.25) is 0 Å². The van der Waals surface area contributed by atoms with Gasteiger partial charge in [0.05, 0.1) is 10.5 Å². The number of hydrogen-bond donors (Lipinski definition) is 0. The molecule has 0 saturated carbocycles. The van der Waals surface area contributed by atoms with Crippen molar-refractivity contribution in [3.05, 3.63) is 39.7 Å². The summed E-state index contributed by atoms with van der Waals surface area (Å²) in [5, 5.41) is 19.1. The zero-order chi connectivity index (χ0) is 13.1. The van der Waals surface area contributed by atoms with Crippen LogP contribution in [-0.4, -0.2) is 19.7 Å². The summed E-state index contributed by atoms with van der Waals surface area (Å²) < 4.78 is 1.79. The number of aryl methyl sites for hydroxylation is 1. The first kappa shape index (κ1) is 12.5. The summed E-state index contributed by atoms with van der Waals surface area (Å²) in [7, 11) is 0. The Balaban J connectivity index is 2.56. The predicted octanol–water partition coefficient (Wildman–Crippen LogP) is 2.92. The van der Waals surface area contributed by atoms with Crippen LogP contribution < -0.4 is 0 Å². The van der Waals surface area contributed by atoms with Crippen LogP contribution >= 0.6 is 11.6 Å². The molecule has 6 nitrogen and oxygen atoms in total. The summed E-state index contributed by atoms with van der Waals surface area (Å²) in [4.78, 5) is 10.6. The van der Waals surface area contributed by atoms with Crippen molar-refractivity contribution in [3.63, 3.8) is 0 Å². The number of hydrogen-bond acceptors (Lipinski definition) is 4. The highest BCUT2D eigenvalue weighted by atomic mass is 35.5. The molecule has 0 N–H and O–H groups in total. The fourth-order valence-corrected chi connectivity index (χ4v) is 1.88. The molecule has 0 aliphatic carbocycles. The molecule has 0 radical (unpaired) electrons. The average Bonchev–Trinajstić information content (AvgIpc) is 2.77. The van der Waals surface area contributed by atoms with Crippen molar-refractivity contribution in [2.24, 2.45) is 0 Å². The Morgan fingerprint density at radius 1 is 1.50 bits per heavy atom. The van der Waals surface area contributed by atoms with E-state index in [0.29, 0.717) is 23.0 Å². The van der Waals surface area contributed by atoms with Crippen LogP contribution in [0.5, 0.6) is 0 Å². The highest BCUT2D eigenvalue weighted by molar-refractivity contribution is 6.30. The summed E-state index contributed by atoms with van der Waals surface area (Å²) in [5.41, 5.74) is 0.364. The van der Waals surface area contributed by atoms with Crippen molar-refractivity contribution >= 4 is 17.3 Å². The Hall–Kier alpha value is -1.95. The van der Waals surface area contributed by atoms with Crippen molar-refractivity contribution in [1.82, 2.24) is 14.8 Å². The second-order valence-corrected chi connectivity index (χ2v) is 4.20. The molecule has 1 aromatic carbocycles. The molecule has 7 heteroatoms. The Kier molecular flexibility index (Phi) is 3.57. The minimum Gasteiger partial charge on any atom is -0.313 e. The summed E-state index contributed by atoms with van der Waals surface area (Å²) in [6.07, 6.45) is 2.46. The van der Waals surface area contributed by atoms with Crippen molar-refractivity contribution in [3.8, 4) is 11.4 Å². The van der Waals surface area contributed by atoms with Gasteiger partial charge in [-0.25, -0.2) is 0 Å². The van der Waals surface area contributed by atoms with Gasteiger partial charge in [-0.2, -0.15) is 0 Å². The summed E-state index contributed by atoms with van der Waals surface area (Å²) >= 11 is 5.78. The molecule has 94 valence electrons. The molecule has 0 fully saturated rings. The van der Waals surface area contributed by atoms with E-state index in [4.69, 9.17) is 11.6 Å². The minimum absolute atomic E-state index is 0.0622. The number of nitro benzene ring substituents is 1. The summed E-state index contributed by atoms with van der Waals surface area (Å²) in [6.45, 7) is 2.72. The standard InChI is InChI=1S/C11H11ClN4O2/c1-2-5-15-7-13-14-11(15)9-4-3-8(12)6-10(9)16(17)18/h3-4,6-7H,2,5H2,1H3. The zero-order valence-electron chi connectivity index (χ0n) is 9.71. The lowest BCUT2D eigenvalue weighted by Crippen LogP contribution is -2.01. The average molecular weight is 267 g/mol. The predicted molar refractivity (Wildman–Crippen MR) is 67.4 cm³/mol. The van der Waals surface area contributed by atoms with E-state index in [-0.39, 0.29) is 5.69 Å². The molecule has 0 aliphatic rings. The van der Waals surface area contributed by atoms with E-state index < -0.39 is 4.92 Å². The first-order chi connectivity index (χ1) is 8.63. The van der Waals surface area contributed by atoms with Crippen molar-refractivity contribution < 1.29 is 4.92 Å². The monoisotopic (exact) mass is 266 g/mol. The number of aromatic nitrogens is 3. The normalized spacial score (nSPS) is 10.6. The van der Waals surface area contributed by atoms with Gasteiger partial charge in [0, 0.05) is 17.6 Å². The molecule has 0 saturated heterocycles. The lowest BCUT2D eigenvalue weighted by Gasteiger charge is -2.05. The van der Waals surface area contributed by atoms with Crippen LogP contribution in [0.25, 0.3) is 11.4 Å². The lowest BCUT2D eigenvalue weighted by molar-refractivity contribution is -0.384. The van der Waals surface area contributed by atoms with Gasteiger partial charge in [0.25, 0.3) is 5.69 Å². The Labute approximate surface area is 108 Å². The maximum atomic E-state index is 11.0. The molecule has 0 bridgehead atoms. The number of rotatable bonds is 4.